The molecule has 4 heteroatoms. The van der Waals surface area contributed by atoms with E-state index in [4.69, 9.17) is 14.6 Å². The number of ether oxygens (including phenoxy) is 2. The summed E-state index contributed by atoms with van der Waals surface area (Å²) in [4.78, 5) is 10.6. The van der Waals surface area contributed by atoms with Crippen molar-refractivity contribution in [1.29, 1.82) is 0 Å². The van der Waals surface area contributed by atoms with Crippen molar-refractivity contribution < 1.29 is 19.4 Å². The average Bonchev–Trinajstić information content (AvgIpc) is 2.44. The van der Waals surface area contributed by atoms with Crippen LogP contribution in [0.2, 0.25) is 0 Å². The van der Waals surface area contributed by atoms with E-state index in [1.807, 2.05) is 6.92 Å². The Morgan fingerprint density at radius 3 is 2.80 bits per heavy atom. The first kappa shape index (κ1) is 15.8. The molecule has 108 valence electrons. The Hall–Kier alpha value is -2.23. The van der Waals surface area contributed by atoms with Crippen LogP contribution in [0.1, 0.15) is 25.3 Å². The smallest absolute Gasteiger partial charge is 0.328 e. The Kier molecular flexibility index (Phi) is 6.96. The van der Waals surface area contributed by atoms with Crippen LogP contribution < -0.4 is 9.47 Å². The van der Waals surface area contributed by atoms with Crippen molar-refractivity contribution in [3.8, 4) is 11.5 Å². The summed E-state index contributed by atoms with van der Waals surface area (Å²) in [5.41, 5.74) is 0.709. The summed E-state index contributed by atoms with van der Waals surface area (Å²) in [6, 6.07) is 5.37. The van der Waals surface area contributed by atoms with Gasteiger partial charge in [-0.2, -0.15) is 0 Å². The van der Waals surface area contributed by atoms with Crippen molar-refractivity contribution in [3.05, 3.63) is 42.5 Å². The van der Waals surface area contributed by atoms with Gasteiger partial charge in [0.25, 0.3) is 0 Å². The fraction of sp³-hybridized carbons (Fsp3) is 0.312. The summed E-state index contributed by atoms with van der Waals surface area (Å²) >= 11 is 0. The second kappa shape index (κ2) is 8.80. The SMILES string of the molecule is C=CCCOc1cc(OCCC)ccc1C=CC(=O)O. The second-order valence-electron chi connectivity index (χ2n) is 4.15. The number of carboxylic acid groups (broad SMARTS) is 1. The van der Waals surface area contributed by atoms with Gasteiger partial charge in [0.05, 0.1) is 13.2 Å². The lowest BCUT2D eigenvalue weighted by Gasteiger charge is -2.11. The molecule has 1 aromatic carbocycles. The Bertz CT molecular complexity index is 477. The van der Waals surface area contributed by atoms with Crippen molar-refractivity contribution >= 4 is 12.0 Å². The van der Waals surface area contributed by atoms with E-state index in [2.05, 4.69) is 6.58 Å². The van der Waals surface area contributed by atoms with Crippen LogP contribution in [0.25, 0.3) is 6.08 Å². The largest absolute Gasteiger partial charge is 0.493 e. The number of rotatable bonds is 9. The maximum Gasteiger partial charge on any atom is 0.328 e. The molecule has 0 aliphatic carbocycles. The number of carboxylic acids is 1. The van der Waals surface area contributed by atoms with Crippen molar-refractivity contribution in [2.24, 2.45) is 0 Å². The first-order valence-corrected chi connectivity index (χ1v) is 6.59. The molecule has 0 radical (unpaired) electrons. The highest BCUT2D eigenvalue weighted by Crippen LogP contribution is 2.26. The highest BCUT2D eigenvalue weighted by Gasteiger charge is 2.04. The van der Waals surface area contributed by atoms with Crippen LogP contribution in [0.4, 0.5) is 0 Å². The van der Waals surface area contributed by atoms with Gasteiger partial charge in [0.15, 0.2) is 0 Å². The fourth-order valence-corrected chi connectivity index (χ4v) is 1.50. The molecule has 0 aliphatic rings. The lowest BCUT2D eigenvalue weighted by molar-refractivity contribution is -0.131. The average molecular weight is 276 g/mol. The van der Waals surface area contributed by atoms with Crippen LogP contribution in [0.15, 0.2) is 36.9 Å². The molecule has 0 saturated carbocycles. The van der Waals surface area contributed by atoms with Crippen LogP contribution in [-0.2, 0) is 4.79 Å². The van der Waals surface area contributed by atoms with E-state index in [-0.39, 0.29) is 0 Å². The standard InChI is InChI=1S/C16H20O4/c1-3-5-11-20-15-12-14(19-10-4-2)8-6-13(15)7-9-16(17)18/h3,6-9,12H,1,4-5,10-11H2,2H3,(H,17,18). The van der Waals surface area contributed by atoms with E-state index in [9.17, 15) is 4.79 Å². The summed E-state index contributed by atoms with van der Waals surface area (Å²) in [5.74, 6) is 0.333. The van der Waals surface area contributed by atoms with Gasteiger partial charge in [0, 0.05) is 17.7 Å². The third-order valence-electron chi connectivity index (χ3n) is 2.44. The molecule has 0 aromatic heterocycles. The normalized spacial score (nSPS) is 10.4. The topological polar surface area (TPSA) is 55.8 Å². The molecule has 0 amide bonds. The van der Waals surface area contributed by atoms with E-state index < -0.39 is 5.97 Å². The molecule has 0 aliphatic heterocycles. The maximum absolute atomic E-state index is 10.6. The van der Waals surface area contributed by atoms with Crippen LogP contribution in [0.3, 0.4) is 0 Å². The zero-order chi connectivity index (χ0) is 14.8. The summed E-state index contributed by atoms with van der Waals surface area (Å²) in [5, 5.41) is 8.68. The Morgan fingerprint density at radius 2 is 2.15 bits per heavy atom. The number of hydrogen-bond acceptors (Lipinski definition) is 3. The lowest BCUT2D eigenvalue weighted by Crippen LogP contribution is -2.00. The number of aliphatic carboxylic acids is 1. The Balaban J connectivity index is 2.89. The van der Waals surface area contributed by atoms with Gasteiger partial charge in [-0.25, -0.2) is 4.79 Å². The van der Waals surface area contributed by atoms with Crippen molar-refractivity contribution in [2.45, 2.75) is 19.8 Å². The summed E-state index contributed by atoms with van der Waals surface area (Å²) < 4.78 is 11.2. The number of carbonyl (C=O) groups is 1. The molecule has 0 atom stereocenters. The predicted octanol–water partition coefficient (Wildman–Crippen LogP) is 3.53. The van der Waals surface area contributed by atoms with Gasteiger partial charge in [-0.15, -0.1) is 6.58 Å². The van der Waals surface area contributed by atoms with Crippen LogP contribution in [-0.4, -0.2) is 24.3 Å². The van der Waals surface area contributed by atoms with E-state index in [0.717, 1.165) is 18.9 Å². The molecule has 0 bridgehead atoms. The summed E-state index contributed by atoms with van der Waals surface area (Å²) in [6.07, 6.45) is 6.01. The number of hydrogen-bond donors (Lipinski definition) is 1. The first-order valence-electron chi connectivity index (χ1n) is 6.59. The molecule has 1 N–H and O–H groups in total. The second-order valence-corrected chi connectivity index (χ2v) is 4.15. The monoisotopic (exact) mass is 276 g/mol. The van der Waals surface area contributed by atoms with E-state index >= 15 is 0 Å². The highest BCUT2D eigenvalue weighted by molar-refractivity contribution is 5.86. The molecule has 0 fully saturated rings. The van der Waals surface area contributed by atoms with E-state index in [0.29, 0.717) is 30.3 Å². The number of benzene rings is 1. The van der Waals surface area contributed by atoms with E-state index in [1.54, 1.807) is 24.3 Å². The third kappa shape index (κ3) is 5.61. The van der Waals surface area contributed by atoms with Crippen LogP contribution in [0, 0.1) is 0 Å². The fourth-order valence-electron chi connectivity index (χ4n) is 1.50. The molecule has 0 saturated heterocycles. The summed E-state index contributed by atoms with van der Waals surface area (Å²) in [6.45, 7) is 6.80. The zero-order valence-corrected chi connectivity index (χ0v) is 11.7. The Morgan fingerprint density at radius 1 is 1.35 bits per heavy atom. The van der Waals surface area contributed by atoms with Gasteiger partial charge in [0.2, 0.25) is 0 Å². The zero-order valence-electron chi connectivity index (χ0n) is 11.7. The van der Waals surface area contributed by atoms with Gasteiger partial charge in [-0.05, 0) is 31.1 Å². The molecule has 4 nitrogen and oxygen atoms in total. The van der Waals surface area contributed by atoms with Gasteiger partial charge in [-0.1, -0.05) is 13.0 Å². The predicted molar refractivity (Wildman–Crippen MR) is 79.2 cm³/mol. The van der Waals surface area contributed by atoms with Crippen LogP contribution >= 0.6 is 0 Å². The molecule has 1 rings (SSSR count). The molecular formula is C16H20O4. The quantitative estimate of drug-likeness (QED) is 0.426. The molecule has 0 unspecified atom stereocenters. The Labute approximate surface area is 119 Å². The minimum Gasteiger partial charge on any atom is -0.493 e. The highest BCUT2D eigenvalue weighted by atomic mass is 16.5. The summed E-state index contributed by atoms with van der Waals surface area (Å²) in [7, 11) is 0. The third-order valence-corrected chi connectivity index (χ3v) is 2.44. The van der Waals surface area contributed by atoms with Gasteiger partial charge in [0.1, 0.15) is 11.5 Å². The first-order chi connectivity index (χ1) is 9.67. The van der Waals surface area contributed by atoms with Crippen molar-refractivity contribution in [2.75, 3.05) is 13.2 Å². The van der Waals surface area contributed by atoms with Gasteiger partial charge >= 0.3 is 5.97 Å². The maximum atomic E-state index is 10.6. The molecule has 0 heterocycles. The van der Waals surface area contributed by atoms with Gasteiger partial charge < -0.3 is 14.6 Å². The molecule has 1 aromatic rings. The van der Waals surface area contributed by atoms with E-state index in [1.165, 1.54) is 6.08 Å². The van der Waals surface area contributed by atoms with Crippen LogP contribution in [0.5, 0.6) is 11.5 Å². The van der Waals surface area contributed by atoms with Crippen molar-refractivity contribution in [3.63, 3.8) is 0 Å². The molecule has 0 spiro atoms. The minimum absolute atomic E-state index is 0.495. The lowest BCUT2D eigenvalue weighted by atomic mass is 10.1. The minimum atomic E-state index is -0.992. The molecule has 20 heavy (non-hydrogen) atoms. The molecular weight excluding hydrogens is 256 g/mol. The van der Waals surface area contributed by atoms with Crippen molar-refractivity contribution in [1.82, 2.24) is 0 Å². The van der Waals surface area contributed by atoms with Gasteiger partial charge in [-0.3, -0.25) is 0 Å².